The third-order valence-corrected chi connectivity index (χ3v) is 7.16. The van der Waals surface area contributed by atoms with Crippen molar-refractivity contribution in [3.05, 3.63) is 83.2 Å². The number of thiophene rings is 1. The highest BCUT2D eigenvalue weighted by molar-refractivity contribution is 7.13. The van der Waals surface area contributed by atoms with Gasteiger partial charge in [0, 0.05) is 24.4 Å². The van der Waals surface area contributed by atoms with E-state index in [0.717, 1.165) is 23.1 Å². The first-order valence-corrected chi connectivity index (χ1v) is 11.7. The fraction of sp³-hybridized carbons (Fsp3) is 0.308. The summed E-state index contributed by atoms with van der Waals surface area (Å²) in [5.74, 6) is -0.213. The second-order valence-corrected chi connectivity index (χ2v) is 9.31. The quantitative estimate of drug-likeness (QED) is 0.589. The zero-order valence-electron chi connectivity index (χ0n) is 17.6. The number of carbonyl (C=O) groups is 2. The molecule has 1 aliphatic rings. The lowest BCUT2D eigenvalue weighted by Crippen LogP contribution is -2.53. The van der Waals surface area contributed by atoms with Gasteiger partial charge in [0.1, 0.15) is 0 Å². The summed E-state index contributed by atoms with van der Waals surface area (Å²) in [6.45, 7) is 1.09. The van der Waals surface area contributed by atoms with Gasteiger partial charge in [0.25, 0.3) is 0 Å². The molecule has 2 aromatic carbocycles. The number of hydrogen-bond acceptors (Lipinski definition) is 3. The average Bonchev–Trinajstić information content (AvgIpc) is 3.33. The molecule has 2 N–H and O–H groups in total. The number of nitrogens with two attached hydrogens (primary N) is 1. The van der Waals surface area contributed by atoms with Crippen LogP contribution in [0.3, 0.4) is 0 Å². The van der Waals surface area contributed by atoms with Gasteiger partial charge in [0.05, 0.1) is 5.41 Å². The minimum absolute atomic E-state index is 0.0979. The number of primary amides is 1. The van der Waals surface area contributed by atoms with Crippen molar-refractivity contribution < 1.29 is 9.59 Å². The maximum Gasteiger partial charge on any atom is 0.225 e. The highest BCUT2D eigenvalue weighted by Crippen LogP contribution is 2.37. The van der Waals surface area contributed by atoms with Gasteiger partial charge in [0.15, 0.2) is 0 Å². The molecular formula is C26H28N2O2S. The number of aryl methyl sites for hydroxylation is 1. The standard InChI is InChI=1S/C26H28N2O2S/c27-25(30)26(18-21-10-4-5-11-22(21)23-12-6-17-31-23)15-7-16-28(19-26)24(29)14-13-20-8-2-1-3-9-20/h1-6,8-12,17H,7,13-16,18-19H2,(H2,27,30)/t26-/m0/s1. The number of piperidine rings is 1. The molecule has 3 aromatic rings. The van der Waals surface area contributed by atoms with Crippen LogP contribution in [0.5, 0.6) is 0 Å². The Labute approximate surface area is 187 Å². The van der Waals surface area contributed by atoms with Crippen molar-refractivity contribution in [3.63, 3.8) is 0 Å². The molecular weight excluding hydrogens is 404 g/mol. The maximum absolute atomic E-state index is 13.0. The number of nitrogens with zero attached hydrogens (tertiary/aromatic N) is 1. The summed E-state index contributed by atoms with van der Waals surface area (Å²) in [4.78, 5) is 28.7. The molecule has 1 aliphatic heterocycles. The van der Waals surface area contributed by atoms with Crippen molar-refractivity contribution in [2.45, 2.75) is 32.1 Å². The number of benzene rings is 2. The lowest BCUT2D eigenvalue weighted by atomic mass is 9.73. The van der Waals surface area contributed by atoms with E-state index in [1.165, 1.54) is 4.88 Å². The molecule has 2 heterocycles. The highest BCUT2D eigenvalue weighted by Gasteiger charge is 2.42. The predicted octanol–water partition coefficient (Wildman–Crippen LogP) is 4.68. The number of likely N-dealkylation sites (tertiary alicyclic amines) is 1. The van der Waals surface area contributed by atoms with Crippen molar-refractivity contribution in [2.75, 3.05) is 13.1 Å². The zero-order valence-corrected chi connectivity index (χ0v) is 18.4. The highest BCUT2D eigenvalue weighted by atomic mass is 32.1. The first-order valence-electron chi connectivity index (χ1n) is 10.8. The number of hydrogen-bond donors (Lipinski definition) is 1. The van der Waals surface area contributed by atoms with E-state index in [9.17, 15) is 9.59 Å². The largest absolute Gasteiger partial charge is 0.369 e. The summed E-state index contributed by atoms with van der Waals surface area (Å²) in [5, 5.41) is 2.06. The van der Waals surface area contributed by atoms with Gasteiger partial charge in [-0.05, 0) is 53.8 Å². The van der Waals surface area contributed by atoms with Crippen LogP contribution in [0.2, 0.25) is 0 Å². The van der Waals surface area contributed by atoms with Gasteiger partial charge in [-0.2, -0.15) is 0 Å². The Morgan fingerprint density at radius 2 is 1.77 bits per heavy atom. The summed E-state index contributed by atoms with van der Waals surface area (Å²) in [5.41, 5.74) is 8.65. The Morgan fingerprint density at radius 1 is 1.00 bits per heavy atom. The van der Waals surface area contributed by atoms with Crippen LogP contribution in [0.4, 0.5) is 0 Å². The average molecular weight is 433 g/mol. The lowest BCUT2D eigenvalue weighted by molar-refractivity contribution is -0.139. The van der Waals surface area contributed by atoms with Gasteiger partial charge in [-0.15, -0.1) is 11.3 Å². The molecule has 1 fully saturated rings. The van der Waals surface area contributed by atoms with Crippen LogP contribution in [0.15, 0.2) is 72.1 Å². The third kappa shape index (κ3) is 4.88. The molecule has 2 amide bonds. The van der Waals surface area contributed by atoms with E-state index in [1.807, 2.05) is 53.4 Å². The van der Waals surface area contributed by atoms with Crippen molar-refractivity contribution in [3.8, 4) is 10.4 Å². The minimum atomic E-state index is -0.728. The van der Waals surface area contributed by atoms with E-state index in [1.54, 1.807) is 11.3 Å². The molecule has 31 heavy (non-hydrogen) atoms. The molecule has 0 bridgehead atoms. The van der Waals surface area contributed by atoms with Gasteiger partial charge in [-0.25, -0.2) is 0 Å². The monoisotopic (exact) mass is 432 g/mol. The Kier molecular flexibility index (Phi) is 6.52. The molecule has 0 saturated carbocycles. The lowest BCUT2D eigenvalue weighted by Gasteiger charge is -2.41. The minimum Gasteiger partial charge on any atom is -0.369 e. The fourth-order valence-corrected chi connectivity index (χ4v) is 5.33. The van der Waals surface area contributed by atoms with E-state index >= 15 is 0 Å². The SMILES string of the molecule is NC(=O)[C@]1(Cc2ccccc2-c2cccs2)CCCN(C(=O)CCc2ccccc2)C1. The molecule has 1 saturated heterocycles. The normalized spacial score (nSPS) is 18.6. The fourth-order valence-electron chi connectivity index (χ4n) is 4.54. The van der Waals surface area contributed by atoms with Gasteiger partial charge in [-0.1, -0.05) is 60.7 Å². The predicted molar refractivity (Wildman–Crippen MR) is 126 cm³/mol. The molecule has 1 atom stereocenters. The molecule has 160 valence electrons. The summed E-state index contributed by atoms with van der Waals surface area (Å²) >= 11 is 1.69. The molecule has 0 unspecified atom stereocenters. The summed E-state index contributed by atoms with van der Waals surface area (Å²) in [7, 11) is 0. The van der Waals surface area contributed by atoms with E-state index in [0.29, 0.717) is 38.8 Å². The van der Waals surface area contributed by atoms with Crippen LogP contribution in [-0.2, 0) is 22.4 Å². The van der Waals surface area contributed by atoms with Crippen LogP contribution in [-0.4, -0.2) is 29.8 Å². The molecule has 4 rings (SSSR count). The Bertz CT molecular complexity index is 1030. The Morgan fingerprint density at radius 3 is 2.52 bits per heavy atom. The molecule has 4 nitrogen and oxygen atoms in total. The number of rotatable bonds is 7. The van der Waals surface area contributed by atoms with Gasteiger partial charge in [-0.3, -0.25) is 9.59 Å². The first-order chi connectivity index (χ1) is 15.1. The van der Waals surface area contributed by atoms with Crippen LogP contribution in [0, 0.1) is 5.41 Å². The van der Waals surface area contributed by atoms with E-state index in [4.69, 9.17) is 5.73 Å². The summed E-state index contributed by atoms with van der Waals surface area (Å²) in [6.07, 6.45) is 3.22. The third-order valence-electron chi connectivity index (χ3n) is 6.26. The second-order valence-electron chi connectivity index (χ2n) is 8.36. The molecule has 1 aromatic heterocycles. The molecule has 0 spiro atoms. The van der Waals surface area contributed by atoms with Crippen LogP contribution >= 0.6 is 11.3 Å². The van der Waals surface area contributed by atoms with Gasteiger partial charge >= 0.3 is 0 Å². The topological polar surface area (TPSA) is 63.4 Å². The smallest absolute Gasteiger partial charge is 0.225 e. The molecule has 0 aliphatic carbocycles. The molecule has 0 radical (unpaired) electrons. The Balaban J connectivity index is 1.52. The maximum atomic E-state index is 13.0. The van der Waals surface area contributed by atoms with Gasteiger partial charge in [0.2, 0.25) is 11.8 Å². The van der Waals surface area contributed by atoms with Crippen LogP contribution < -0.4 is 5.73 Å². The second kappa shape index (κ2) is 9.48. The zero-order chi connectivity index (χ0) is 21.7. The van der Waals surface area contributed by atoms with E-state index in [2.05, 4.69) is 23.6 Å². The van der Waals surface area contributed by atoms with Crippen molar-refractivity contribution in [2.24, 2.45) is 11.1 Å². The van der Waals surface area contributed by atoms with E-state index in [-0.39, 0.29) is 11.8 Å². The molecule has 5 heteroatoms. The van der Waals surface area contributed by atoms with Crippen molar-refractivity contribution >= 4 is 23.2 Å². The first kappa shape index (κ1) is 21.3. The van der Waals surface area contributed by atoms with Crippen molar-refractivity contribution in [1.82, 2.24) is 4.90 Å². The van der Waals surface area contributed by atoms with Crippen LogP contribution in [0.25, 0.3) is 10.4 Å². The number of carbonyl (C=O) groups excluding carboxylic acids is 2. The van der Waals surface area contributed by atoms with Crippen LogP contribution in [0.1, 0.15) is 30.4 Å². The van der Waals surface area contributed by atoms with Crippen molar-refractivity contribution in [1.29, 1.82) is 0 Å². The van der Waals surface area contributed by atoms with E-state index < -0.39 is 5.41 Å². The van der Waals surface area contributed by atoms with Gasteiger partial charge < -0.3 is 10.6 Å². The summed E-state index contributed by atoms with van der Waals surface area (Å²) in [6, 6.07) is 22.4. The Hall–Kier alpha value is -2.92. The summed E-state index contributed by atoms with van der Waals surface area (Å²) < 4.78 is 0. The number of amides is 2.